The number of nitrogens with one attached hydrogen (secondary N) is 1. The van der Waals surface area contributed by atoms with Gasteiger partial charge in [-0.15, -0.1) is 0 Å². The van der Waals surface area contributed by atoms with Crippen LogP contribution >= 0.6 is 0 Å². The second kappa shape index (κ2) is 7.66. The van der Waals surface area contributed by atoms with Crippen molar-refractivity contribution in [3.63, 3.8) is 0 Å². The molecule has 2 N–H and O–H groups in total. The lowest BCUT2D eigenvalue weighted by Gasteiger charge is -2.16. The van der Waals surface area contributed by atoms with Gasteiger partial charge in [0, 0.05) is 29.9 Å². The standard InChI is InChI=1S/C21H16F2N4O/c22-15-5-3-6-16(23)19(15)18(28)12-25-21-14-4-1-2-7-17(14)26-20(27-21)13-8-10-24-11-9-13/h1-11,18,28H,12H2,(H,25,26,27). The van der Waals surface area contributed by atoms with Crippen molar-refractivity contribution in [3.8, 4) is 11.4 Å². The van der Waals surface area contributed by atoms with E-state index in [1.807, 2.05) is 24.3 Å². The van der Waals surface area contributed by atoms with Crippen molar-refractivity contribution in [2.24, 2.45) is 0 Å². The summed E-state index contributed by atoms with van der Waals surface area (Å²) in [5.74, 6) is -0.637. The van der Waals surface area contributed by atoms with Gasteiger partial charge in [0.25, 0.3) is 0 Å². The maximum Gasteiger partial charge on any atom is 0.162 e. The Morgan fingerprint density at radius 1 is 0.893 bits per heavy atom. The number of hydrogen-bond donors (Lipinski definition) is 2. The molecule has 0 spiro atoms. The monoisotopic (exact) mass is 378 g/mol. The summed E-state index contributed by atoms with van der Waals surface area (Å²) in [6.07, 6.45) is 1.91. The van der Waals surface area contributed by atoms with E-state index in [0.717, 1.165) is 23.1 Å². The van der Waals surface area contributed by atoms with Gasteiger partial charge < -0.3 is 10.4 Å². The first kappa shape index (κ1) is 17.9. The fourth-order valence-corrected chi connectivity index (χ4v) is 2.97. The zero-order valence-corrected chi connectivity index (χ0v) is 14.7. The highest BCUT2D eigenvalue weighted by molar-refractivity contribution is 5.90. The summed E-state index contributed by atoms with van der Waals surface area (Å²) in [5.41, 5.74) is 1.12. The molecule has 4 rings (SSSR count). The van der Waals surface area contributed by atoms with Crippen LogP contribution in [0, 0.1) is 11.6 Å². The molecule has 0 amide bonds. The topological polar surface area (TPSA) is 70.9 Å². The van der Waals surface area contributed by atoms with Crippen molar-refractivity contribution in [2.45, 2.75) is 6.10 Å². The van der Waals surface area contributed by atoms with Gasteiger partial charge in [-0.2, -0.15) is 0 Å². The normalized spacial score (nSPS) is 12.1. The number of hydrogen-bond acceptors (Lipinski definition) is 5. The third-order valence-electron chi connectivity index (χ3n) is 4.34. The Bertz CT molecular complexity index is 1100. The Kier molecular flexibility index (Phi) is 4.90. The third-order valence-corrected chi connectivity index (χ3v) is 4.34. The summed E-state index contributed by atoms with van der Waals surface area (Å²) >= 11 is 0. The number of benzene rings is 2. The van der Waals surface area contributed by atoms with Crippen LogP contribution < -0.4 is 5.32 Å². The largest absolute Gasteiger partial charge is 0.386 e. The van der Waals surface area contributed by atoms with Gasteiger partial charge in [-0.05, 0) is 36.4 Å². The molecular weight excluding hydrogens is 362 g/mol. The summed E-state index contributed by atoms with van der Waals surface area (Å²) in [7, 11) is 0. The molecule has 2 aromatic heterocycles. The molecule has 0 radical (unpaired) electrons. The molecule has 7 heteroatoms. The number of fused-ring (bicyclic) bond motifs is 1. The van der Waals surface area contributed by atoms with E-state index in [-0.39, 0.29) is 12.1 Å². The Morgan fingerprint density at radius 3 is 2.36 bits per heavy atom. The Labute approximate surface area is 159 Å². The first-order chi connectivity index (χ1) is 13.6. The smallest absolute Gasteiger partial charge is 0.162 e. The first-order valence-corrected chi connectivity index (χ1v) is 8.66. The molecule has 2 aromatic carbocycles. The number of aliphatic hydroxyl groups is 1. The molecule has 5 nitrogen and oxygen atoms in total. The molecule has 2 heterocycles. The summed E-state index contributed by atoms with van der Waals surface area (Å²) in [5, 5.41) is 14.0. The molecule has 0 fully saturated rings. The van der Waals surface area contributed by atoms with Gasteiger partial charge in [0.15, 0.2) is 5.82 Å². The van der Waals surface area contributed by atoms with Crippen molar-refractivity contribution in [1.29, 1.82) is 0 Å². The fourth-order valence-electron chi connectivity index (χ4n) is 2.97. The Hall–Kier alpha value is -3.45. The van der Waals surface area contributed by atoms with Crippen LogP contribution in [0.3, 0.4) is 0 Å². The van der Waals surface area contributed by atoms with E-state index in [4.69, 9.17) is 0 Å². The molecule has 140 valence electrons. The van der Waals surface area contributed by atoms with E-state index in [2.05, 4.69) is 20.3 Å². The number of anilines is 1. The fraction of sp³-hybridized carbons (Fsp3) is 0.0952. The number of aromatic nitrogens is 3. The molecule has 0 bridgehead atoms. The highest BCUT2D eigenvalue weighted by Gasteiger charge is 2.18. The minimum atomic E-state index is -1.38. The summed E-state index contributed by atoms with van der Waals surface area (Å²) < 4.78 is 27.8. The van der Waals surface area contributed by atoms with Crippen LogP contribution in [-0.4, -0.2) is 26.6 Å². The highest BCUT2D eigenvalue weighted by atomic mass is 19.1. The molecule has 0 aliphatic rings. The lowest BCUT2D eigenvalue weighted by molar-refractivity contribution is 0.181. The van der Waals surface area contributed by atoms with Crippen molar-refractivity contribution in [3.05, 3.63) is 84.2 Å². The van der Waals surface area contributed by atoms with Crippen molar-refractivity contribution in [1.82, 2.24) is 15.0 Å². The molecule has 0 saturated heterocycles. The molecule has 1 unspecified atom stereocenters. The van der Waals surface area contributed by atoms with Gasteiger partial charge >= 0.3 is 0 Å². The maximum atomic E-state index is 13.9. The van der Waals surface area contributed by atoms with Gasteiger partial charge in [0.05, 0.1) is 11.1 Å². The molecule has 1 atom stereocenters. The van der Waals surface area contributed by atoms with E-state index < -0.39 is 17.7 Å². The number of halogens is 2. The first-order valence-electron chi connectivity index (χ1n) is 8.66. The molecule has 0 aliphatic heterocycles. The molecular formula is C21H16F2N4O. The van der Waals surface area contributed by atoms with E-state index in [1.165, 1.54) is 6.07 Å². The van der Waals surface area contributed by atoms with Gasteiger partial charge in [0.1, 0.15) is 23.6 Å². The van der Waals surface area contributed by atoms with Crippen LogP contribution in [0.2, 0.25) is 0 Å². The van der Waals surface area contributed by atoms with E-state index >= 15 is 0 Å². The third kappa shape index (κ3) is 3.52. The predicted octanol–water partition coefficient (Wildman–Crippen LogP) is 4.12. The quantitative estimate of drug-likeness (QED) is 0.547. The van der Waals surface area contributed by atoms with Crippen LogP contribution in [0.25, 0.3) is 22.3 Å². The number of pyridine rings is 1. The summed E-state index contributed by atoms with van der Waals surface area (Å²) in [6, 6.07) is 14.5. The van der Waals surface area contributed by atoms with Gasteiger partial charge in [0.2, 0.25) is 0 Å². The maximum absolute atomic E-state index is 13.9. The van der Waals surface area contributed by atoms with Crippen molar-refractivity contribution in [2.75, 3.05) is 11.9 Å². The van der Waals surface area contributed by atoms with Crippen LogP contribution in [0.4, 0.5) is 14.6 Å². The lowest BCUT2D eigenvalue weighted by atomic mass is 10.1. The minimum Gasteiger partial charge on any atom is -0.386 e. The van der Waals surface area contributed by atoms with Crippen molar-refractivity contribution >= 4 is 16.7 Å². The Morgan fingerprint density at radius 2 is 1.61 bits per heavy atom. The minimum absolute atomic E-state index is 0.116. The van der Waals surface area contributed by atoms with Crippen LogP contribution in [0.5, 0.6) is 0 Å². The average molecular weight is 378 g/mol. The predicted molar refractivity (Wildman–Crippen MR) is 103 cm³/mol. The second-order valence-corrected chi connectivity index (χ2v) is 6.18. The zero-order chi connectivity index (χ0) is 19.5. The van der Waals surface area contributed by atoms with Gasteiger partial charge in [-0.3, -0.25) is 4.98 Å². The molecule has 28 heavy (non-hydrogen) atoms. The van der Waals surface area contributed by atoms with E-state index in [1.54, 1.807) is 24.5 Å². The van der Waals surface area contributed by atoms with Crippen molar-refractivity contribution < 1.29 is 13.9 Å². The second-order valence-electron chi connectivity index (χ2n) is 6.18. The van der Waals surface area contributed by atoms with E-state index in [0.29, 0.717) is 17.2 Å². The lowest BCUT2D eigenvalue weighted by Crippen LogP contribution is -2.16. The van der Waals surface area contributed by atoms with Crippen LogP contribution in [0.1, 0.15) is 11.7 Å². The van der Waals surface area contributed by atoms with Gasteiger partial charge in [-0.1, -0.05) is 18.2 Å². The van der Waals surface area contributed by atoms with Crippen LogP contribution in [-0.2, 0) is 0 Å². The number of nitrogens with zero attached hydrogens (tertiary/aromatic N) is 3. The molecule has 4 aromatic rings. The average Bonchev–Trinajstić information content (AvgIpc) is 2.72. The van der Waals surface area contributed by atoms with Crippen LogP contribution in [0.15, 0.2) is 67.0 Å². The summed E-state index contributed by atoms with van der Waals surface area (Å²) in [4.78, 5) is 13.1. The zero-order valence-electron chi connectivity index (χ0n) is 14.7. The highest BCUT2D eigenvalue weighted by Crippen LogP contribution is 2.26. The molecule has 0 saturated carbocycles. The number of para-hydroxylation sites is 1. The SMILES string of the molecule is OC(CNc1nc(-c2ccncc2)nc2ccccc12)c1c(F)cccc1F. The van der Waals surface area contributed by atoms with E-state index in [9.17, 15) is 13.9 Å². The number of rotatable bonds is 5. The summed E-state index contributed by atoms with van der Waals surface area (Å²) in [6.45, 7) is -0.116. The number of aliphatic hydroxyl groups excluding tert-OH is 1. The molecule has 0 aliphatic carbocycles. The Balaban J connectivity index is 1.68. The van der Waals surface area contributed by atoms with Gasteiger partial charge in [-0.25, -0.2) is 18.7 Å².